The molecule has 3 N–H and O–H groups in total. The van der Waals surface area contributed by atoms with Crippen LogP contribution in [0.2, 0.25) is 0 Å². The molecule has 6 heteroatoms. The molecule has 3 heterocycles. The number of benzene rings is 1. The average Bonchev–Trinajstić information content (AvgIpc) is 2.99. The molecule has 0 bridgehead atoms. The van der Waals surface area contributed by atoms with Crippen LogP contribution in [0.3, 0.4) is 0 Å². The SMILES string of the molecule is Cc1c(C2CCOCC2)[nH]c2ccc(Cc3nnccc3C(N)=O)cc12. The number of primary amides is 1. The number of carbonyl (C=O) groups is 1. The second kappa shape index (κ2) is 6.88. The molecule has 0 saturated carbocycles. The lowest BCUT2D eigenvalue weighted by molar-refractivity contribution is 0.0845. The molecule has 1 amide bonds. The molecule has 0 atom stereocenters. The standard InChI is InChI=1S/C20H22N4O2/c1-12-16-10-13(11-18-15(20(21)25)4-7-22-24-18)2-3-17(16)23-19(12)14-5-8-26-9-6-14/h2-4,7,10,14,23H,5-6,8-9,11H2,1H3,(H2,21,25). The van der Waals surface area contributed by atoms with Crippen molar-refractivity contribution in [3.8, 4) is 0 Å². The Morgan fingerprint density at radius 3 is 2.88 bits per heavy atom. The summed E-state index contributed by atoms with van der Waals surface area (Å²) in [5.41, 5.74) is 11.3. The Bertz CT molecular complexity index is 958. The zero-order valence-electron chi connectivity index (χ0n) is 14.8. The van der Waals surface area contributed by atoms with E-state index in [0.29, 0.717) is 23.6 Å². The van der Waals surface area contributed by atoms with Crippen molar-refractivity contribution < 1.29 is 9.53 Å². The van der Waals surface area contributed by atoms with Crippen LogP contribution in [0.1, 0.15) is 51.6 Å². The number of rotatable bonds is 4. The van der Waals surface area contributed by atoms with E-state index in [1.54, 1.807) is 6.07 Å². The van der Waals surface area contributed by atoms with Gasteiger partial charge in [-0.25, -0.2) is 0 Å². The molecule has 6 nitrogen and oxygen atoms in total. The molecule has 26 heavy (non-hydrogen) atoms. The van der Waals surface area contributed by atoms with Gasteiger partial charge in [0.15, 0.2) is 0 Å². The minimum absolute atomic E-state index is 0.425. The van der Waals surface area contributed by atoms with Gasteiger partial charge in [0.1, 0.15) is 0 Å². The fourth-order valence-corrected chi connectivity index (χ4v) is 3.81. The summed E-state index contributed by atoms with van der Waals surface area (Å²) >= 11 is 0. The summed E-state index contributed by atoms with van der Waals surface area (Å²) in [5, 5.41) is 9.21. The number of aromatic amines is 1. The van der Waals surface area contributed by atoms with Crippen molar-refractivity contribution in [2.45, 2.75) is 32.1 Å². The lowest BCUT2D eigenvalue weighted by atomic mass is 9.93. The molecule has 1 aliphatic heterocycles. The predicted octanol–water partition coefficient (Wildman–Crippen LogP) is 2.85. The van der Waals surface area contributed by atoms with Gasteiger partial charge in [0, 0.05) is 42.1 Å². The predicted molar refractivity (Wildman–Crippen MR) is 99.2 cm³/mol. The summed E-state index contributed by atoms with van der Waals surface area (Å²) in [6.45, 7) is 3.82. The van der Waals surface area contributed by atoms with Crippen LogP contribution in [0.25, 0.3) is 10.9 Å². The quantitative estimate of drug-likeness (QED) is 0.756. The third-order valence-electron chi connectivity index (χ3n) is 5.23. The number of ether oxygens (including phenoxy) is 1. The summed E-state index contributed by atoms with van der Waals surface area (Å²) in [7, 11) is 0. The maximum Gasteiger partial charge on any atom is 0.250 e. The molecule has 1 aromatic carbocycles. The van der Waals surface area contributed by atoms with Gasteiger partial charge in [0.25, 0.3) is 5.91 Å². The van der Waals surface area contributed by atoms with E-state index in [-0.39, 0.29) is 0 Å². The van der Waals surface area contributed by atoms with Crippen LogP contribution in [0.15, 0.2) is 30.5 Å². The molecule has 0 aliphatic carbocycles. The summed E-state index contributed by atoms with van der Waals surface area (Å²) in [6, 6.07) is 7.95. The number of hydrogen-bond acceptors (Lipinski definition) is 4. The Kier molecular flexibility index (Phi) is 4.42. The van der Waals surface area contributed by atoms with Gasteiger partial charge < -0.3 is 15.5 Å². The Labute approximate surface area is 151 Å². The topological polar surface area (TPSA) is 93.9 Å². The number of aryl methyl sites for hydroxylation is 1. The molecule has 134 valence electrons. The van der Waals surface area contributed by atoms with E-state index in [1.165, 1.54) is 22.8 Å². The monoisotopic (exact) mass is 350 g/mol. The van der Waals surface area contributed by atoms with Crippen LogP contribution in [-0.4, -0.2) is 34.3 Å². The molecule has 0 spiro atoms. The second-order valence-electron chi connectivity index (χ2n) is 6.86. The average molecular weight is 350 g/mol. The van der Waals surface area contributed by atoms with Crippen molar-refractivity contribution in [3.63, 3.8) is 0 Å². The highest BCUT2D eigenvalue weighted by Crippen LogP contribution is 2.33. The van der Waals surface area contributed by atoms with Crippen LogP contribution in [0.4, 0.5) is 0 Å². The molecule has 2 aromatic heterocycles. The first-order chi connectivity index (χ1) is 12.6. The molecular formula is C20H22N4O2. The summed E-state index contributed by atoms with van der Waals surface area (Å²) < 4.78 is 5.49. The third-order valence-corrected chi connectivity index (χ3v) is 5.23. The van der Waals surface area contributed by atoms with E-state index in [4.69, 9.17) is 10.5 Å². The summed E-state index contributed by atoms with van der Waals surface area (Å²) in [4.78, 5) is 15.2. The first-order valence-electron chi connectivity index (χ1n) is 8.92. The van der Waals surface area contributed by atoms with Crippen LogP contribution >= 0.6 is 0 Å². The number of nitrogens with zero attached hydrogens (tertiary/aromatic N) is 2. The van der Waals surface area contributed by atoms with Gasteiger partial charge in [-0.2, -0.15) is 10.2 Å². The van der Waals surface area contributed by atoms with E-state index in [9.17, 15) is 4.79 Å². The fourth-order valence-electron chi connectivity index (χ4n) is 3.81. The molecule has 1 fully saturated rings. The van der Waals surface area contributed by atoms with Gasteiger partial charge in [-0.15, -0.1) is 0 Å². The molecule has 3 aromatic rings. The van der Waals surface area contributed by atoms with Crippen molar-refractivity contribution in [1.82, 2.24) is 15.2 Å². The van der Waals surface area contributed by atoms with Gasteiger partial charge in [0.2, 0.25) is 0 Å². The summed E-state index contributed by atoms with van der Waals surface area (Å²) in [6.07, 6.45) is 4.13. The highest BCUT2D eigenvalue weighted by atomic mass is 16.5. The van der Waals surface area contributed by atoms with Gasteiger partial charge in [-0.3, -0.25) is 4.79 Å². The van der Waals surface area contributed by atoms with Crippen LogP contribution in [0, 0.1) is 6.92 Å². The number of carbonyl (C=O) groups excluding carboxylic acids is 1. The zero-order valence-corrected chi connectivity index (χ0v) is 14.8. The van der Waals surface area contributed by atoms with Crippen molar-refractivity contribution >= 4 is 16.8 Å². The summed E-state index contributed by atoms with van der Waals surface area (Å²) in [5.74, 6) is 0.0525. The van der Waals surface area contributed by atoms with E-state index in [0.717, 1.165) is 37.1 Å². The Balaban J connectivity index is 1.68. The number of amides is 1. The minimum atomic E-state index is -0.476. The van der Waals surface area contributed by atoms with Crippen LogP contribution < -0.4 is 5.73 Å². The third kappa shape index (κ3) is 3.08. The lowest BCUT2D eigenvalue weighted by Crippen LogP contribution is -2.15. The first-order valence-corrected chi connectivity index (χ1v) is 8.92. The lowest BCUT2D eigenvalue weighted by Gasteiger charge is -2.21. The normalized spacial score (nSPS) is 15.4. The highest BCUT2D eigenvalue weighted by Gasteiger charge is 2.21. The van der Waals surface area contributed by atoms with Gasteiger partial charge in [-0.05, 0) is 49.1 Å². The van der Waals surface area contributed by atoms with Gasteiger partial charge >= 0.3 is 0 Å². The molecule has 1 saturated heterocycles. The fraction of sp³-hybridized carbons (Fsp3) is 0.350. The van der Waals surface area contributed by atoms with Crippen molar-refractivity contribution in [3.05, 3.63) is 58.5 Å². The second-order valence-corrected chi connectivity index (χ2v) is 6.86. The molecule has 1 aliphatic rings. The number of nitrogens with one attached hydrogen (secondary N) is 1. The van der Waals surface area contributed by atoms with Crippen molar-refractivity contribution in [1.29, 1.82) is 0 Å². The van der Waals surface area contributed by atoms with Crippen molar-refractivity contribution in [2.24, 2.45) is 5.73 Å². The van der Waals surface area contributed by atoms with Crippen molar-refractivity contribution in [2.75, 3.05) is 13.2 Å². The highest BCUT2D eigenvalue weighted by molar-refractivity contribution is 5.94. The van der Waals surface area contributed by atoms with Crippen LogP contribution in [-0.2, 0) is 11.2 Å². The zero-order chi connectivity index (χ0) is 18.1. The first kappa shape index (κ1) is 16.7. The maximum atomic E-state index is 11.6. The number of H-pyrrole nitrogens is 1. The Morgan fingerprint density at radius 2 is 2.12 bits per heavy atom. The molecule has 0 unspecified atom stereocenters. The maximum absolute atomic E-state index is 11.6. The molecular weight excluding hydrogens is 328 g/mol. The Morgan fingerprint density at radius 1 is 1.31 bits per heavy atom. The minimum Gasteiger partial charge on any atom is -0.381 e. The largest absolute Gasteiger partial charge is 0.381 e. The number of hydrogen-bond donors (Lipinski definition) is 2. The van der Waals surface area contributed by atoms with Gasteiger partial charge in [0.05, 0.1) is 17.5 Å². The smallest absolute Gasteiger partial charge is 0.250 e. The molecule has 4 rings (SSSR count). The van der Waals surface area contributed by atoms with E-state index >= 15 is 0 Å². The van der Waals surface area contributed by atoms with E-state index in [1.807, 2.05) is 0 Å². The van der Waals surface area contributed by atoms with Crippen LogP contribution in [0.5, 0.6) is 0 Å². The Hall–Kier alpha value is -2.73. The van der Waals surface area contributed by atoms with E-state index in [2.05, 4.69) is 40.3 Å². The molecule has 0 radical (unpaired) electrons. The number of fused-ring (bicyclic) bond motifs is 1. The van der Waals surface area contributed by atoms with Gasteiger partial charge in [-0.1, -0.05) is 6.07 Å². The number of nitrogens with two attached hydrogens (primary N) is 1. The van der Waals surface area contributed by atoms with E-state index < -0.39 is 5.91 Å². The number of aromatic nitrogens is 3.